The molecule has 8 N–H and O–H groups in total. The van der Waals surface area contributed by atoms with Crippen LogP contribution in [-0.2, 0) is 32.0 Å². The molecule has 0 aliphatic heterocycles. The Labute approximate surface area is 213 Å². The number of hydrogen-bond donors (Lipinski definition) is 7. The lowest BCUT2D eigenvalue weighted by molar-refractivity contribution is -0.142. The van der Waals surface area contributed by atoms with Gasteiger partial charge in [-0.15, -0.1) is 0 Å². The first-order chi connectivity index (χ1) is 17.6. The second-order valence-electron chi connectivity index (χ2n) is 9.31. The number of carboxylic acid groups (broad SMARTS) is 1. The minimum absolute atomic E-state index is 0.0602. The van der Waals surface area contributed by atoms with Crippen molar-refractivity contribution in [3.63, 3.8) is 0 Å². The Balaban J connectivity index is 1.59. The number of carbonyl (C=O) groups excluding carboxylic acids is 3. The van der Waals surface area contributed by atoms with Crippen LogP contribution in [0, 0.1) is 5.92 Å². The summed E-state index contributed by atoms with van der Waals surface area (Å²) in [4.78, 5) is 60.0. The fraction of sp³-hybridized carbons (Fsp3) is 0.400. The number of amides is 3. The van der Waals surface area contributed by atoms with Gasteiger partial charge >= 0.3 is 5.97 Å². The molecule has 37 heavy (non-hydrogen) atoms. The summed E-state index contributed by atoms with van der Waals surface area (Å²) in [5, 5.41) is 18.2. The van der Waals surface area contributed by atoms with Crippen LogP contribution in [0.15, 0.2) is 43.0 Å². The van der Waals surface area contributed by atoms with Crippen LogP contribution in [0.25, 0.3) is 10.9 Å². The Morgan fingerprint density at radius 2 is 1.70 bits per heavy atom. The Bertz CT molecular complexity index is 1240. The summed E-state index contributed by atoms with van der Waals surface area (Å²) in [7, 11) is 0. The average Bonchev–Trinajstić information content (AvgIpc) is 3.51. The molecule has 4 unspecified atom stereocenters. The second-order valence-corrected chi connectivity index (χ2v) is 9.31. The fourth-order valence-corrected chi connectivity index (χ4v) is 3.91. The number of aliphatic carboxylic acids is 1. The highest BCUT2D eigenvalue weighted by atomic mass is 16.4. The zero-order valence-corrected chi connectivity index (χ0v) is 20.9. The van der Waals surface area contributed by atoms with Crippen LogP contribution >= 0.6 is 0 Å². The van der Waals surface area contributed by atoms with Crippen molar-refractivity contribution in [2.45, 2.75) is 57.8 Å². The van der Waals surface area contributed by atoms with E-state index in [1.54, 1.807) is 26.2 Å². The standard InChI is InChI=1S/C25H33N7O5/c1-13(2)21(32-23(34)18(26)9-16-11-27-12-29-16)24(35)30-14(3)22(33)31-20(25(36)37)8-15-10-28-19-7-5-4-6-17(15)19/h4-7,10-14,18,20-21,28H,8-9,26H2,1-3H3,(H,27,29)(H,30,35)(H,31,33)(H,32,34)(H,36,37). The smallest absolute Gasteiger partial charge is 0.326 e. The predicted octanol–water partition coefficient (Wildman–Crippen LogP) is 0.218. The predicted molar refractivity (Wildman–Crippen MR) is 136 cm³/mol. The molecule has 0 spiro atoms. The molecule has 2 heterocycles. The number of imidazole rings is 1. The van der Waals surface area contributed by atoms with Crippen molar-refractivity contribution < 1.29 is 24.3 Å². The number of fused-ring (bicyclic) bond motifs is 1. The number of nitrogens with one attached hydrogen (secondary N) is 5. The molecular weight excluding hydrogens is 478 g/mol. The fourth-order valence-electron chi connectivity index (χ4n) is 3.91. The highest BCUT2D eigenvalue weighted by molar-refractivity contribution is 5.94. The van der Waals surface area contributed by atoms with E-state index in [9.17, 15) is 24.3 Å². The van der Waals surface area contributed by atoms with Crippen molar-refractivity contribution >= 4 is 34.6 Å². The number of carbonyl (C=O) groups is 4. The van der Waals surface area contributed by atoms with Gasteiger partial charge in [-0.2, -0.15) is 0 Å². The van der Waals surface area contributed by atoms with Crippen molar-refractivity contribution in [2.75, 3.05) is 0 Å². The van der Waals surface area contributed by atoms with Gasteiger partial charge in [0.05, 0.1) is 12.4 Å². The van der Waals surface area contributed by atoms with Gasteiger partial charge in [-0.1, -0.05) is 32.0 Å². The number of para-hydroxylation sites is 1. The van der Waals surface area contributed by atoms with Gasteiger partial charge in [0.15, 0.2) is 0 Å². The maximum atomic E-state index is 12.9. The van der Waals surface area contributed by atoms with Crippen LogP contribution in [0.1, 0.15) is 32.0 Å². The van der Waals surface area contributed by atoms with Crippen LogP contribution in [0.4, 0.5) is 0 Å². The first-order valence-corrected chi connectivity index (χ1v) is 12.0. The van der Waals surface area contributed by atoms with E-state index in [1.165, 1.54) is 13.3 Å². The van der Waals surface area contributed by atoms with Crippen LogP contribution in [0.5, 0.6) is 0 Å². The molecule has 0 saturated heterocycles. The largest absolute Gasteiger partial charge is 0.480 e. The molecule has 3 amide bonds. The van der Waals surface area contributed by atoms with Crippen LogP contribution < -0.4 is 21.7 Å². The minimum atomic E-state index is -1.20. The molecule has 12 nitrogen and oxygen atoms in total. The quantitative estimate of drug-likeness (QED) is 0.180. The first kappa shape index (κ1) is 27.4. The summed E-state index contributed by atoms with van der Waals surface area (Å²) in [6, 6.07) is 3.35. The highest BCUT2D eigenvalue weighted by Crippen LogP contribution is 2.19. The first-order valence-electron chi connectivity index (χ1n) is 12.0. The van der Waals surface area contributed by atoms with Gasteiger partial charge in [-0.25, -0.2) is 9.78 Å². The van der Waals surface area contributed by atoms with E-state index in [2.05, 4.69) is 30.9 Å². The molecule has 0 saturated carbocycles. The van der Waals surface area contributed by atoms with Gasteiger partial charge in [0.2, 0.25) is 17.7 Å². The molecule has 4 atom stereocenters. The van der Waals surface area contributed by atoms with E-state index in [1.807, 2.05) is 24.3 Å². The summed E-state index contributed by atoms with van der Waals surface area (Å²) in [5.74, 6) is -3.26. The molecule has 1 aromatic carbocycles. The third kappa shape index (κ3) is 7.17. The van der Waals surface area contributed by atoms with Gasteiger partial charge in [0.1, 0.15) is 18.1 Å². The third-order valence-electron chi connectivity index (χ3n) is 6.04. The molecular formula is C25H33N7O5. The number of hydrogen-bond acceptors (Lipinski definition) is 6. The maximum Gasteiger partial charge on any atom is 0.326 e. The van der Waals surface area contributed by atoms with Crippen molar-refractivity contribution in [2.24, 2.45) is 11.7 Å². The monoisotopic (exact) mass is 511 g/mol. The minimum Gasteiger partial charge on any atom is -0.480 e. The topological polar surface area (TPSA) is 195 Å². The van der Waals surface area contributed by atoms with Crippen LogP contribution in [0.2, 0.25) is 0 Å². The molecule has 0 fully saturated rings. The summed E-state index contributed by atoms with van der Waals surface area (Å²) in [6.07, 6.45) is 5.02. The SMILES string of the molecule is CC(NC(=O)C(NC(=O)C(N)Cc1cnc[nH]1)C(C)C)C(=O)NC(Cc1c[nH]c2ccccc12)C(=O)O. The number of aromatic nitrogens is 3. The number of nitrogens with zero attached hydrogens (tertiary/aromatic N) is 1. The Morgan fingerprint density at radius 1 is 0.973 bits per heavy atom. The van der Waals surface area contributed by atoms with Crippen molar-refractivity contribution in [3.8, 4) is 0 Å². The summed E-state index contributed by atoms with van der Waals surface area (Å²) in [6.45, 7) is 4.94. The molecule has 3 rings (SSSR count). The second kappa shape index (κ2) is 12.2. The lowest BCUT2D eigenvalue weighted by Crippen LogP contribution is -2.58. The van der Waals surface area contributed by atoms with Crippen molar-refractivity contribution in [3.05, 3.63) is 54.2 Å². The zero-order chi connectivity index (χ0) is 27.1. The van der Waals surface area contributed by atoms with E-state index in [-0.39, 0.29) is 18.8 Å². The molecule has 0 bridgehead atoms. The van der Waals surface area contributed by atoms with Crippen molar-refractivity contribution in [1.29, 1.82) is 0 Å². The third-order valence-corrected chi connectivity index (χ3v) is 6.04. The number of benzene rings is 1. The molecule has 3 aromatic rings. The number of nitrogens with two attached hydrogens (primary N) is 1. The maximum absolute atomic E-state index is 12.9. The Hall–Kier alpha value is -4.19. The Morgan fingerprint density at radius 3 is 2.35 bits per heavy atom. The number of H-pyrrole nitrogens is 2. The van der Waals surface area contributed by atoms with Gasteiger partial charge < -0.3 is 36.8 Å². The van der Waals surface area contributed by atoms with E-state index in [0.29, 0.717) is 5.69 Å². The number of carboxylic acids is 1. The van der Waals surface area contributed by atoms with Gasteiger partial charge in [0, 0.05) is 41.8 Å². The normalized spacial score (nSPS) is 14.5. The van der Waals surface area contributed by atoms with Gasteiger partial charge in [0.25, 0.3) is 0 Å². The number of rotatable bonds is 12. The summed E-state index contributed by atoms with van der Waals surface area (Å²) < 4.78 is 0. The zero-order valence-electron chi connectivity index (χ0n) is 20.9. The molecule has 12 heteroatoms. The number of aromatic amines is 2. The van der Waals surface area contributed by atoms with E-state index < -0.39 is 47.9 Å². The van der Waals surface area contributed by atoms with E-state index in [4.69, 9.17) is 5.73 Å². The molecule has 2 aromatic heterocycles. The molecule has 198 valence electrons. The van der Waals surface area contributed by atoms with Crippen LogP contribution in [0.3, 0.4) is 0 Å². The van der Waals surface area contributed by atoms with Crippen molar-refractivity contribution in [1.82, 2.24) is 30.9 Å². The van der Waals surface area contributed by atoms with Crippen LogP contribution in [-0.4, -0.2) is 67.9 Å². The lowest BCUT2D eigenvalue weighted by Gasteiger charge is -2.25. The van der Waals surface area contributed by atoms with E-state index >= 15 is 0 Å². The Kier molecular flexibility index (Phi) is 9.01. The van der Waals surface area contributed by atoms with Gasteiger partial charge in [-0.3, -0.25) is 14.4 Å². The highest BCUT2D eigenvalue weighted by Gasteiger charge is 2.30. The average molecular weight is 512 g/mol. The lowest BCUT2D eigenvalue weighted by atomic mass is 10.0. The van der Waals surface area contributed by atoms with Gasteiger partial charge in [-0.05, 0) is 24.5 Å². The molecule has 0 aliphatic rings. The molecule has 0 radical (unpaired) electrons. The van der Waals surface area contributed by atoms with E-state index in [0.717, 1.165) is 16.5 Å². The summed E-state index contributed by atoms with van der Waals surface area (Å²) in [5.41, 5.74) is 8.25. The molecule has 0 aliphatic carbocycles. The summed E-state index contributed by atoms with van der Waals surface area (Å²) >= 11 is 0.